The highest BCUT2D eigenvalue weighted by Crippen LogP contribution is 2.55. The number of nitrogens with zero attached hydrogens (tertiary/aromatic N) is 2. The van der Waals surface area contributed by atoms with Crippen LogP contribution in [-0.2, 0) is 5.41 Å². The lowest BCUT2D eigenvalue weighted by Gasteiger charge is -2.29. The Morgan fingerprint density at radius 3 is 2.15 bits per heavy atom. The third-order valence-corrected chi connectivity index (χ3v) is 12.7. The van der Waals surface area contributed by atoms with Gasteiger partial charge in [0, 0.05) is 44.1 Å². The summed E-state index contributed by atoms with van der Waals surface area (Å²) in [6, 6.07) is 63.8. The molecule has 2 heterocycles. The van der Waals surface area contributed by atoms with Crippen molar-refractivity contribution in [2.24, 2.45) is 0 Å². The van der Waals surface area contributed by atoms with Crippen LogP contribution in [0.25, 0.3) is 77.3 Å². The molecule has 0 atom stereocenters. The maximum Gasteiger partial charge on any atom is 0.143 e. The van der Waals surface area contributed by atoms with E-state index in [0.717, 1.165) is 67.0 Å². The van der Waals surface area contributed by atoms with Crippen molar-refractivity contribution in [3.63, 3.8) is 0 Å². The van der Waals surface area contributed by atoms with Gasteiger partial charge in [0.25, 0.3) is 0 Å². The predicted octanol–water partition coefficient (Wildman–Crippen LogP) is 16.3. The van der Waals surface area contributed by atoms with E-state index in [-0.39, 0.29) is 5.41 Å². The summed E-state index contributed by atoms with van der Waals surface area (Å²) in [5.41, 5.74) is 18.0. The van der Waals surface area contributed by atoms with Crippen LogP contribution in [0.3, 0.4) is 0 Å². The van der Waals surface area contributed by atoms with Gasteiger partial charge in [0.05, 0.1) is 27.8 Å². The van der Waals surface area contributed by atoms with E-state index in [1.807, 2.05) is 13.0 Å². The second-order valence-electron chi connectivity index (χ2n) is 16.5. The molecule has 0 N–H and O–H groups in total. The molecule has 3 nitrogen and oxygen atoms in total. The molecular formula is C58H44N2O. The van der Waals surface area contributed by atoms with Gasteiger partial charge in [-0.2, -0.15) is 0 Å². The van der Waals surface area contributed by atoms with Gasteiger partial charge in [0.1, 0.15) is 11.2 Å². The summed E-state index contributed by atoms with van der Waals surface area (Å²) in [6.07, 6.45) is 8.11. The number of rotatable bonds is 8. The number of aromatic nitrogens is 1. The molecule has 0 fully saturated rings. The monoisotopic (exact) mass is 784 g/mol. The number of fused-ring (bicyclic) bond motifs is 9. The molecule has 0 radical (unpaired) electrons. The molecule has 2 aromatic heterocycles. The first kappa shape index (κ1) is 36.5. The van der Waals surface area contributed by atoms with Crippen LogP contribution >= 0.6 is 0 Å². The van der Waals surface area contributed by atoms with Crippen LogP contribution in [0.1, 0.15) is 37.5 Å². The molecule has 1 aliphatic rings. The minimum absolute atomic E-state index is 0.147. The van der Waals surface area contributed by atoms with Crippen molar-refractivity contribution >= 4 is 66.4 Å². The Bertz CT molecular complexity index is 3410. The van der Waals surface area contributed by atoms with Gasteiger partial charge < -0.3 is 13.9 Å². The zero-order valence-corrected chi connectivity index (χ0v) is 34.6. The normalized spacial score (nSPS) is 13.4. The first-order valence-electron chi connectivity index (χ1n) is 21.1. The average Bonchev–Trinajstić information content (AvgIpc) is 3.93. The molecule has 0 amide bonds. The zero-order chi connectivity index (χ0) is 41.2. The SMILES string of the molecule is C=C/C=C(\C=C/C)c1ccc(N(c2cccc3c2-c2ccccc2C3(C)C)c2cccc3oc4c(-c5ccc6c(c5)c5ccccc5n6-c5ccccc5)cccc4c23)cc1. The fraction of sp³-hybridized carbons (Fsp3) is 0.0690. The van der Waals surface area contributed by atoms with Crippen LogP contribution in [0.4, 0.5) is 17.1 Å². The topological polar surface area (TPSA) is 21.3 Å². The van der Waals surface area contributed by atoms with Crippen LogP contribution in [0.5, 0.6) is 0 Å². The number of para-hydroxylation sites is 3. The van der Waals surface area contributed by atoms with Gasteiger partial charge in [0.15, 0.2) is 0 Å². The third-order valence-electron chi connectivity index (χ3n) is 12.7. The van der Waals surface area contributed by atoms with Gasteiger partial charge in [-0.1, -0.05) is 160 Å². The van der Waals surface area contributed by atoms with E-state index in [9.17, 15) is 0 Å². The number of hydrogen-bond acceptors (Lipinski definition) is 2. The Morgan fingerprint density at radius 1 is 0.623 bits per heavy atom. The molecule has 8 aromatic carbocycles. The third kappa shape index (κ3) is 5.65. The molecule has 0 saturated carbocycles. The molecule has 1 aliphatic carbocycles. The highest BCUT2D eigenvalue weighted by molar-refractivity contribution is 6.18. The summed E-state index contributed by atoms with van der Waals surface area (Å²) in [4.78, 5) is 2.45. The lowest BCUT2D eigenvalue weighted by Crippen LogP contribution is -2.16. The molecule has 61 heavy (non-hydrogen) atoms. The van der Waals surface area contributed by atoms with E-state index in [2.05, 4.69) is 224 Å². The second-order valence-corrected chi connectivity index (χ2v) is 16.5. The molecule has 292 valence electrons. The van der Waals surface area contributed by atoms with Crippen LogP contribution in [0.15, 0.2) is 211 Å². The van der Waals surface area contributed by atoms with Gasteiger partial charge in [0.2, 0.25) is 0 Å². The molecule has 3 heteroatoms. The molecule has 11 rings (SSSR count). The van der Waals surface area contributed by atoms with Crippen LogP contribution in [0.2, 0.25) is 0 Å². The van der Waals surface area contributed by atoms with Gasteiger partial charge in [-0.25, -0.2) is 0 Å². The number of allylic oxidation sites excluding steroid dienone is 5. The van der Waals surface area contributed by atoms with E-state index >= 15 is 0 Å². The van der Waals surface area contributed by atoms with Gasteiger partial charge >= 0.3 is 0 Å². The fourth-order valence-electron chi connectivity index (χ4n) is 9.93. The van der Waals surface area contributed by atoms with E-state index in [0.29, 0.717) is 0 Å². The number of furan rings is 1. The molecule has 0 unspecified atom stereocenters. The van der Waals surface area contributed by atoms with Crippen LogP contribution < -0.4 is 4.90 Å². The van der Waals surface area contributed by atoms with E-state index in [1.165, 1.54) is 44.1 Å². The van der Waals surface area contributed by atoms with Gasteiger partial charge in [-0.05, 0) is 101 Å². The number of anilines is 3. The zero-order valence-electron chi connectivity index (χ0n) is 34.6. The number of hydrogen-bond donors (Lipinski definition) is 0. The summed E-state index contributed by atoms with van der Waals surface area (Å²) in [7, 11) is 0. The Morgan fingerprint density at radius 2 is 1.31 bits per heavy atom. The Kier molecular flexibility index (Phi) is 8.54. The fourth-order valence-corrected chi connectivity index (χ4v) is 9.93. The molecule has 10 aromatic rings. The van der Waals surface area contributed by atoms with Crippen LogP contribution in [-0.4, -0.2) is 4.57 Å². The summed E-state index contributed by atoms with van der Waals surface area (Å²) < 4.78 is 9.37. The van der Waals surface area contributed by atoms with E-state index < -0.39 is 0 Å². The standard InChI is InChI=1S/C58H44N2O/c1-5-17-38(18-6-2)39-31-34-42(35-32-39)60(52-28-15-26-49-55(52)45-22-10-12-25-48(45)58(49,3)4)53-29-16-30-54-56(53)46-24-14-23-43(57(46)61-54)40-33-36-51-47(37-40)44-21-11-13-27-50(44)59(51)41-19-8-7-9-20-41/h5-37H,1H2,2-4H3/b18-6-,38-17+. The van der Waals surface area contributed by atoms with Crippen LogP contribution in [0, 0.1) is 0 Å². The summed E-state index contributed by atoms with van der Waals surface area (Å²) >= 11 is 0. The van der Waals surface area contributed by atoms with Crippen molar-refractivity contribution in [3.8, 4) is 27.9 Å². The molecule has 0 spiro atoms. The van der Waals surface area contributed by atoms with Gasteiger partial charge in [-0.3, -0.25) is 0 Å². The lowest BCUT2D eigenvalue weighted by molar-refractivity contribution is 0.660. The maximum absolute atomic E-state index is 7.00. The summed E-state index contributed by atoms with van der Waals surface area (Å²) in [6.45, 7) is 10.7. The molecule has 0 bridgehead atoms. The first-order valence-corrected chi connectivity index (χ1v) is 21.1. The van der Waals surface area contributed by atoms with Crippen molar-refractivity contribution < 1.29 is 4.42 Å². The largest absolute Gasteiger partial charge is 0.455 e. The highest BCUT2D eigenvalue weighted by Gasteiger charge is 2.38. The number of benzene rings is 8. The molecule has 0 aliphatic heterocycles. The summed E-state index contributed by atoms with van der Waals surface area (Å²) in [5.74, 6) is 0. The van der Waals surface area contributed by atoms with E-state index in [4.69, 9.17) is 4.42 Å². The molecule has 0 saturated heterocycles. The van der Waals surface area contributed by atoms with Crippen molar-refractivity contribution in [2.75, 3.05) is 4.90 Å². The van der Waals surface area contributed by atoms with Crippen molar-refractivity contribution in [2.45, 2.75) is 26.2 Å². The Hall–Kier alpha value is -7.62. The minimum atomic E-state index is -0.147. The maximum atomic E-state index is 7.00. The summed E-state index contributed by atoms with van der Waals surface area (Å²) in [5, 5.41) is 4.59. The second kappa shape index (κ2) is 14.3. The predicted molar refractivity (Wildman–Crippen MR) is 259 cm³/mol. The van der Waals surface area contributed by atoms with Gasteiger partial charge in [-0.15, -0.1) is 0 Å². The van der Waals surface area contributed by atoms with E-state index in [1.54, 1.807) is 0 Å². The van der Waals surface area contributed by atoms with Crippen molar-refractivity contribution in [1.82, 2.24) is 4.57 Å². The quantitative estimate of drug-likeness (QED) is 0.143. The Labute approximate surface area is 356 Å². The van der Waals surface area contributed by atoms with Crippen molar-refractivity contribution in [3.05, 3.63) is 223 Å². The smallest absolute Gasteiger partial charge is 0.143 e. The molecular weight excluding hydrogens is 741 g/mol. The Balaban J connectivity index is 1.14. The average molecular weight is 785 g/mol. The lowest BCUT2D eigenvalue weighted by atomic mass is 9.82. The first-order chi connectivity index (χ1) is 30.0. The van der Waals surface area contributed by atoms with Crippen molar-refractivity contribution in [1.29, 1.82) is 0 Å². The highest BCUT2D eigenvalue weighted by atomic mass is 16.3. The minimum Gasteiger partial charge on any atom is -0.455 e.